The van der Waals surface area contributed by atoms with Crippen LogP contribution in [0.25, 0.3) is 0 Å². The number of amides is 1. The van der Waals surface area contributed by atoms with Gasteiger partial charge in [-0.2, -0.15) is 0 Å². The number of thioether (sulfide) groups is 2. The zero-order chi connectivity index (χ0) is 10.6. The van der Waals surface area contributed by atoms with Gasteiger partial charge in [0.05, 0.1) is 10.3 Å². The zero-order valence-corrected chi connectivity index (χ0v) is 10.1. The first-order chi connectivity index (χ1) is 6.56. The molecule has 4 nitrogen and oxygen atoms in total. The molecule has 1 aliphatic heterocycles. The first-order valence-electron chi connectivity index (χ1n) is 4.31. The molecule has 1 amide bonds. The van der Waals surface area contributed by atoms with Crippen LogP contribution in [0.3, 0.4) is 0 Å². The molecule has 80 valence electrons. The number of nitrogens with one attached hydrogen (secondary N) is 1. The quantitative estimate of drug-likeness (QED) is 0.450. The highest BCUT2D eigenvalue weighted by molar-refractivity contribution is 8.22. The maximum Gasteiger partial charge on any atom is 0.433 e. The van der Waals surface area contributed by atoms with Crippen molar-refractivity contribution in [3.05, 3.63) is 0 Å². The molecule has 1 fully saturated rings. The second kappa shape index (κ2) is 4.93. The van der Waals surface area contributed by atoms with Crippen molar-refractivity contribution in [2.24, 2.45) is 5.16 Å². The van der Waals surface area contributed by atoms with Crippen LogP contribution in [0, 0.1) is 0 Å². The van der Waals surface area contributed by atoms with Gasteiger partial charge in [-0.15, -0.1) is 23.5 Å². The van der Waals surface area contributed by atoms with E-state index in [2.05, 4.69) is 29.2 Å². The highest BCUT2D eigenvalue weighted by Crippen LogP contribution is 2.46. The van der Waals surface area contributed by atoms with Crippen molar-refractivity contribution in [1.82, 2.24) is 5.32 Å². The van der Waals surface area contributed by atoms with E-state index in [4.69, 9.17) is 0 Å². The minimum absolute atomic E-state index is 0.0621. The normalized spacial score (nSPS) is 32.1. The maximum absolute atomic E-state index is 10.7. The summed E-state index contributed by atoms with van der Waals surface area (Å²) in [6, 6.07) is 0. The molecule has 2 atom stereocenters. The summed E-state index contributed by atoms with van der Waals surface area (Å²) in [6.45, 7) is 4.25. The van der Waals surface area contributed by atoms with Gasteiger partial charge in [0.2, 0.25) is 0 Å². The average Bonchev–Trinajstić information content (AvgIpc) is 2.46. The van der Waals surface area contributed by atoms with E-state index in [1.807, 2.05) is 23.5 Å². The SMILES string of the molecule is CNC(=O)O/N=C/[C@@]1(C)SC[C@@H](C)S1. The lowest BCUT2D eigenvalue weighted by Crippen LogP contribution is -2.19. The Labute approximate surface area is 92.2 Å². The molecule has 1 aliphatic rings. The molecule has 6 heteroatoms. The van der Waals surface area contributed by atoms with E-state index in [9.17, 15) is 4.79 Å². The van der Waals surface area contributed by atoms with Crippen molar-refractivity contribution in [1.29, 1.82) is 0 Å². The third-order valence-electron chi connectivity index (χ3n) is 1.67. The van der Waals surface area contributed by atoms with Crippen LogP contribution in [-0.4, -0.2) is 34.4 Å². The molecule has 0 radical (unpaired) electrons. The third kappa shape index (κ3) is 3.42. The number of hydrogen-bond donors (Lipinski definition) is 1. The van der Waals surface area contributed by atoms with Crippen molar-refractivity contribution < 1.29 is 9.63 Å². The largest absolute Gasteiger partial charge is 0.433 e. The summed E-state index contributed by atoms with van der Waals surface area (Å²) in [4.78, 5) is 15.2. The van der Waals surface area contributed by atoms with Gasteiger partial charge in [-0.25, -0.2) is 4.79 Å². The van der Waals surface area contributed by atoms with E-state index >= 15 is 0 Å². The molecule has 0 spiro atoms. The molecule has 1 N–H and O–H groups in total. The van der Waals surface area contributed by atoms with Crippen LogP contribution < -0.4 is 5.32 Å². The second-order valence-corrected chi connectivity index (χ2v) is 6.74. The summed E-state index contributed by atoms with van der Waals surface area (Å²) in [5.74, 6) is 1.10. The Hall–Kier alpha value is -0.360. The Morgan fingerprint density at radius 3 is 3.00 bits per heavy atom. The number of carbonyl (C=O) groups excluding carboxylic acids is 1. The predicted octanol–water partition coefficient (Wildman–Crippen LogP) is 1.91. The lowest BCUT2D eigenvalue weighted by Gasteiger charge is -2.14. The summed E-state index contributed by atoms with van der Waals surface area (Å²) in [6.07, 6.45) is 1.15. The minimum atomic E-state index is -0.536. The second-order valence-electron chi connectivity index (χ2n) is 3.12. The molecule has 0 aromatic rings. The van der Waals surface area contributed by atoms with E-state index < -0.39 is 6.09 Å². The van der Waals surface area contributed by atoms with Crippen molar-refractivity contribution in [3.63, 3.8) is 0 Å². The van der Waals surface area contributed by atoms with E-state index in [1.54, 1.807) is 6.21 Å². The van der Waals surface area contributed by atoms with Crippen LogP contribution in [0.5, 0.6) is 0 Å². The molecule has 0 aromatic heterocycles. The van der Waals surface area contributed by atoms with Gasteiger partial charge in [-0.1, -0.05) is 12.1 Å². The first-order valence-corrected chi connectivity index (χ1v) is 6.17. The fourth-order valence-electron chi connectivity index (χ4n) is 1.03. The van der Waals surface area contributed by atoms with E-state index in [0.29, 0.717) is 5.25 Å². The monoisotopic (exact) mass is 234 g/mol. The standard InChI is InChI=1S/C8H14N2O2S2/c1-6-4-13-8(2,14-6)5-10-12-7(11)9-3/h5-6H,4H2,1-3H3,(H,9,11)/b10-5+/t6-,8+/m1/s1. The number of carbonyl (C=O) groups is 1. The van der Waals surface area contributed by atoms with Crippen LogP contribution in [0.4, 0.5) is 4.79 Å². The van der Waals surface area contributed by atoms with Crippen molar-refractivity contribution in [2.75, 3.05) is 12.8 Å². The van der Waals surface area contributed by atoms with Crippen molar-refractivity contribution in [2.45, 2.75) is 23.2 Å². The first kappa shape index (κ1) is 11.7. The van der Waals surface area contributed by atoms with Gasteiger partial charge in [-0.3, -0.25) is 4.84 Å². The van der Waals surface area contributed by atoms with Gasteiger partial charge in [0.25, 0.3) is 0 Å². The summed E-state index contributed by atoms with van der Waals surface area (Å²) in [5.41, 5.74) is 0. The molecule has 0 saturated carbocycles. The number of hydrogen-bond acceptors (Lipinski definition) is 5. The molecular weight excluding hydrogens is 220 g/mol. The zero-order valence-electron chi connectivity index (χ0n) is 8.44. The van der Waals surface area contributed by atoms with E-state index in [-0.39, 0.29) is 4.08 Å². The summed E-state index contributed by atoms with van der Waals surface area (Å²) >= 11 is 3.64. The number of nitrogens with zero attached hydrogens (tertiary/aromatic N) is 1. The lowest BCUT2D eigenvalue weighted by molar-refractivity contribution is 0.153. The Balaban J connectivity index is 2.39. The van der Waals surface area contributed by atoms with Crippen LogP contribution in [-0.2, 0) is 4.84 Å². The van der Waals surface area contributed by atoms with Gasteiger partial charge >= 0.3 is 6.09 Å². The summed E-state index contributed by atoms with van der Waals surface area (Å²) in [7, 11) is 1.50. The van der Waals surface area contributed by atoms with Gasteiger partial charge in [-0.05, 0) is 6.92 Å². The maximum atomic E-state index is 10.7. The number of rotatable bonds is 2. The van der Waals surface area contributed by atoms with Crippen LogP contribution in [0.15, 0.2) is 5.16 Å². The number of oxime groups is 1. The average molecular weight is 234 g/mol. The van der Waals surface area contributed by atoms with Crippen LogP contribution in [0.1, 0.15) is 13.8 Å². The molecule has 14 heavy (non-hydrogen) atoms. The Morgan fingerprint density at radius 2 is 2.50 bits per heavy atom. The summed E-state index contributed by atoms with van der Waals surface area (Å²) < 4.78 is -0.0621. The molecular formula is C8H14N2O2S2. The molecule has 1 saturated heterocycles. The smallest absolute Gasteiger partial charge is 0.323 e. The van der Waals surface area contributed by atoms with Crippen LogP contribution >= 0.6 is 23.5 Å². The molecule has 1 rings (SSSR count). The Morgan fingerprint density at radius 1 is 1.79 bits per heavy atom. The molecule has 0 aromatic carbocycles. The predicted molar refractivity (Wildman–Crippen MR) is 61.9 cm³/mol. The van der Waals surface area contributed by atoms with Gasteiger partial charge in [0, 0.05) is 18.1 Å². The highest BCUT2D eigenvalue weighted by atomic mass is 32.2. The minimum Gasteiger partial charge on any atom is -0.323 e. The Bertz CT molecular complexity index is 247. The summed E-state index contributed by atoms with van der Waals surface area (Å²) in [5, 5.41) is 6.60. The van der Waals surface area contributed by atoms with E-state index in [1.165, 1.54) is 7.05 Å². The third-order valence-corrected chi connectivity index (χ3v) is 5.01. The molecule has 0 unspecified atom stereocenters. The molecule has 0 aliphatic carbocycles. The van der Waals surface area contributed by atoms with Crippen molar-refractivity contribution in [3.8, 4) is 0 Å². The van der Waals surface area contributed by atoms with E-state index in [0.717, 1.165) is 5.75 Å². The Kier molecular flexibility index (Phi) is 4.12. The van der Waals surface area contributed by atoms with Crippen molar-refractivity contribution >= 4 is 35.8 Å². The van der Waals surface area contributed by atoms with Gasteiger partial charge in [0.15, 0.2) is 0 Å². The molecule has 0 bridgehead atoms. The highest BCUT2D eigenvalue weighted by Gasteiger charge is 2.33. The topological polar surface area (TPSA) is 50.7 Å². The van der Waals surface area contributed by atoms with Crippen LogP contribution in [0.2, 0.25) is 0 Å². The fourth-order valence-corrected chi connectivity index (χ4v) is 4.07. The fraction of sp³-hybridized carbons (Fsp3) is 0.750. The van der Waals surface area contributed by atoms with Gasteiger partial charge in [0.1, 0.15) is 0 Å². The lowest BCUT2D eigenvalue weighted by atomic mass is 10.5. The molecule has 1 heterocycles. The van der Waals surface area contributed by atoms with Gasteiger partial charge < -0.3 is 5.32 Å².